The Balaban J connectivity index is 1.49. The van der Waals surface area contributed by atoms with E-state index in [9.17, 15) is 18.3 Å². The topological polar surface area (TPSA) is 110 Å². The van der Waals surface area contributed by atoms with Gasteiger partial charge in [0.15, 0.2) is 0 Å². The third-order valence-corrected chi connectivity index (χ3v) is 8.30. The molecule has 0 saturated carbocycles. The van der Waals surface area contributed by atoms with E-state index in [1.165, 1.54) is 4.31 Å². The number of hydrogen-bond acceptors (Lipinski definition) is 6. The van der Waals surface area contributed by atoms with Crippen molar-refractivity contribution in [1.29, 1.82) is 0 Å². The monoisotopic (exact) mass is 450 g/mol. The fraction of sp³-hybridized carbons (Fsp3) is 0.600. The van der Waals surface area contributed by atoms with Gasteiger partial charge in [0.2, 0.25) is 12.3 Å². The van der Waals surface area contributed by atoms with Crippen LogP contribution in [-0.4, -0.2) is 77.2 Å². The highest BCUT2D eigenvalue weighted by Crippen LogP contribution is 2.30. The van der Waals surface area contributed by atoms with Crippen molar-refractivity contribution in [3.8, 4) is 0 Å². The Kier molecular flexibility index (Phi) is 5.95. The van der Waals surface area contributed by atoms with Crippen LogP contribution in [0.4, 0.5) is 5.69 Å². The fourth-order valence-electron chi connectivity index (χ4n) is 4.57. The summed E-state index contributed by atoms with van der Waals surface area (Å²) in [5, 5.41) is 17.2. The lowest BCUT2D eigenvalue weighted by atomic mass is 9.88. The van der Waals surface area contributed by atoms with Crippen molar-refractivity contribution in [2.45, 2.75) is 45.0 Å². The van der Waals surface area contributed by atoms with Crippen LogP contribution in [0.1, 0.15) is 31.7 Å². The van der Waals surface area contributed by atoms with E-state index in [-0.39, 0.29) is 11.9 Å². The van der Waals surface area contributed by atoms with Gasteiger partial charge in [0, 0.05) is 45.8 Å². The Labute approximate surface area is 182 Å². The number of fused-ring (bicyclic) bond motifs is 1. The van der Waals surface area contributed by atoms with Crippen molar-refractivity contribution in [3.63, 3.8) is 0 Å². The number of rotatable bonds is 5. The second-order valence-corrected chi connectivity index (χ2v) is 10.7. The molecule has 4 heterocycles. The molecule has 0 bridgehead atoms. The SMILES string of the molecule is C[C@H]1C[C@H](Cc2ccn3ncc(N4CCC(=O)NC4O)c3c2)CCN1S(=O)(=O)N(C)C. The zero-order valence-electron chi connectivity index (χ0n) is 18.1. The quantitative estimate of drug-likeness (QED) is 0.682. The number of carbonyl (C=O) groups is 1. The summed E-state index contributed by atoms with van der Waals surface area (Å²) >= 11 is 0. The molecule has 2 N–H and O–H groups in total. The molecule has 31 heavy (non-hydrogen) atoms. The summed E-state index contributed by atoms with van der Waals surface area (Å²) in [6.07, 6.45) is 5.32. The number of piperidine rings is 1. The summed E-state index contributed by atoms with van der Waals surface area (Å²) in [5.41, 5.74) is 2.79. The molecule has 10 nitrogen and oxygen atoms in total. The van der Waals surface area contributed by atoms with E-state index < -0.39 is 16.6 Å². The Bertz CT molecular complexity index is 1070. The van der Waals surface area contributed by atoms with Crippen LogP contribution in [0.25, 0.3) is 5.52 Å². The molecule has 1 amide bonds. The van der Waals surface area contributed by atoms with Gasteiger partial charge in [0.05, 0.1) is 17.4 Å². The molecule has 0 aromatic carbocycles. The molecule has 2 fully saturated rings. The number of anilines is 1. The molecule has 1 unspecified atom stereocenters. The molecule has 0 spiro atoms. The number of nitrogens with one attached hydrogen (secondary N) is 1. The van der Waals surface area contributed by atoms with Crippen LogP contribution in [0.15, 0.2) is 24.5 Å². The van der Waals surface area contributed by atoms with Crippen LogP contribution >= 0.6 is 0 Å². The van der Waals surface area contributed by atoms with Crippen molar-refractivity contribution >= 4 is 27.3 Å². The normalized spacial score (nSPS) is 25.9. The first-order valence-corrected chi connectivity index (χ1v) is 12.0. The Morgan fingerprint density at radius 1 is 1.32 bits per heavy atom. The number of aliphatic hydroxyl groups is 1. The number of aromatic nitrogens is 2. The van der Waals surface area contributed by atoms with Gasteiger partial charge in [0.25, 0.3) is 10.2 Å². The minimum absolute atomic E-state index is 0.0486. The van der Waals surface area contributed by atoms with E-state index >= 15 is 0 Å². The summed E-state index contributed by atoms with van der Waals surface area (Å²) in [7, 11) is -0.265. The molecule has 4 rings (SSSR count). The first kappa shape index (κ1) is 22.0. The number of hydrogen-bond donors (Lipinski definition) is 2. The van der Waals surface area contributed by atoms with Crippen LogP contribution in [0.5, 0.6) is 0 Å². The second kappa shape index (κ2) is 8.38. The fourth-order valence-corrected chi connectivity index (χ4v) is 5.87. The minimum Gasteiger partial charge on any atom is -0.356 e. The lowest BCUT2D eigenvalue weighted by molar-refractivity contribution is -0.125. The molecular weight excluding hydrogens is 420 g/mol. The first-order chi connectivity index (χ1) is 14.7. The number of pyridine rings is 1. The Morgan fingerprint density at radius 2 is 2.10 bits per heavy atom. The Morgan fingerprint density at radius 3 is 2.77 bits per heavy atom. The highest BCUT2D eigenvalue weighted by atomic mass is 32.2. The van der Waals surface area contributed by atoms with Gasteiger partial charge in [-0.1, -0.05) is 0 Å². The van der Waals surface area contributed by atoms with Gasteiger partial charge in [-0.15, -0.1) is 0 Å². The second-order valence-electron chi connectivity index (χ2n) is 8.62. The highest BCUT2D eigenvalue weighted by molar-refractivity contribution is 7.86. The average Bonchev–Trinajstić information content (AvgIpc) is 3.11. The molecule has 2 saturated heterocycles. The van der Waals surface area contributed by atoms with Crippen LogP contribution in [0.3, 0.4) is 0 Å². The molecule has 0 aliphatic carbocycles. The molecule has 11 heteroatoms. The van der Waals surface area contributed by atoms with Crippen LogP contribution in [0.2, 0.25) is 0 Å². The van der Waals surface area contributed by atoms with E-state index in [1.54, 1.807) is 34.0 Å². The van der Waals surface area contributed by atoms with Crippen molar-refractivity contribution in [2.75, 3.05) is 32.1 Å². The first-order valence-electron chi connectivity index (χ1n) is 10.6. The van der Waals surface area contributed by atoms with Crippen LogP contribution in [-0.2, 0) is 21.4 Å². The van der Waals surface area contributed by atoms with Gasteiger partial charge in [-0.05, 0) is 49.8 Å². The molecule has 2 aromatic rings. The Hall–Kier alpha value is -2.21. The van der Waals surface area contributed by atoms with E-state index in [4.69, 9.17) is 0 Å². The molecule has 2 aliphatic rings. The van der Waals surface area contributed by atoms with Gasteiger partial charge < -0.3 is 15.3 Å². The molecule has 3 atom stereocenters. The van der Waals surface area contributed by atoms with E-state index in [1.807, 2.05) is 19.2 Å². The van der Waals surface area contributed by atoms with Crippen LogP contribution in [0, 0.1) is 5.92 Å². The van der Waals surface area contributed by atoms with E-state index in [2.05, 4.69) is 16.5 Å². The minimum atomic E-state index is -3.40. The third-order valence-electron chi connectivity index (χ3n) is 6.25. The summed E-state index contributed by atoms with van der Waals surface area (Å²) < 4.78 is 29.6. The van der Waals surface area contributed by atoms with Gasteiger partial charge >= 0.3 is 0 Å². The molecule has 170 valence electrons. The third kappa shape index (κ3) is 4.27. The maximum absolute atomic E-state index is 12.5. The highest BCUT2D eigenvalue weighted by Gasteiger charge is 2.34. The van der Waals surface area contributed by atoms with E-state index in [0.29, 0.717) is 25.4 Å². The van der Waals surface area contributed by atoms with Crippen molar-refractivity contribution in [2.24, 2.45) is 5.92 Å². The number of amides is 1. The van der Waals surface area contributed by atoms with Crippen LogP contribution < -0.4 is 10.2 Å². The predicted molar refractivity (Wildman–Crippen MR) is 117 cm³/mol. The number of carbonyl (C=O) groups excluding carboxylic acids is 1. The standard InChI is InChI=1S/C20H30N6O4S/c1-14-10-15(5-9-26(14)31(29,30)23(2)3)11-16-4-8-25-17(12-16)18(13-21-25)24-7-6-19(27)22-20(24)28/h4,8,12-15,20,28H,5-7,9-11H2,1-3H3,(H,22,27)/t14-,15+,20?/m0/s1. The molecule has 2 aromatic heterocycles. The zero-order chi connectivity index (χ0) is 22.3. The van der Waals surface area contributed by atoms with Crippen molar-refractivity contribution in [1.82, 2.24) is 23.5 Å². The average molecular weight is 451 g/mol. The summed E-state index contributed by atoms with van der Waals surface area (Å²) in [6, 6.07) is 4.05. The maximum atomic E-state index is 12.5. The van der Waals surface area contributed by atoms with Crippen molar-refractivity contribution < 1.29 is 18.3 Å². The lowest BCUT2D eigenvalue weighted by Gasteiger charge is -2.38. The number of aliphatic hydroxyl groups excluding tert-OH is 1. The zero-order valence-corrected chi connectivity index (χ0v) is 18.9. The number of nitrogens with zero attached hydrogens (tertiary/aromatic N) is 5. The summed E-state index contributed by atoms with van der Waals surface area (Å²) in [4.78, 5) is 13.3. The van der Waals surface area contributed by atoms with Crippen molar-refractivity contribution in [3.05, 3.63) is 30.1 Å². The smallest absolute Gasteiger partial charge is 0.281 e. The van der Waals surface area contributed by atoms with E-state index in [0.717, 1.165) is 36.0 Å². The van der Waals surface area contributed by atoms with Gasteiger partial charge in [0.1, 0.15) is 0 Å². The molecule has 2 aliphatic heterocycles. The van der Waals surface area contributed by atoms with Gasteiger partial charge in [-0.2, -0.15) is 22.1 Å². The van der Waals surface area contributed by atoms with Gasteiger partial charge in [-0.25, -0.2) is 4.52 Å². The molecule has 0 radical (unpaired) electrons. The largest absolute Gasteiger partial charge is 0.356 e. The predicted octanol–water partition coefficient (Wildman–Crippen LogP) is 0.386. The lowest BCUT2D eigenvalue weighted by Crippen LogP contribution is -2.54. The molecular formula is C20H30N6O4S. The summed E-state index contributed by atoms with van der Waals surface area (Å²) in [6.45, 7) is 2.92. The maximum Gasteiger partial charge on any atom is 0.281 e. The van der Waals surface area contributed by atoms with Gasteiger partial charge in [-0.3, -0.25) is 4.79 Å². The summed E-state index contributed by atoms with van der Waals surface area (Å²) in [5.74, 6) is 0.218.